The van der Waals surface area contributed by atoms with Gasteiger partial charge in [-0.25, -0.2) is 4.98 Å². The smallest absolute Gasteiger partial charge is 0.257 e. The molecule has 2 heterocycles. The molecule has 14 heavy (non-hydrogen) atoms. The Hall–Kier alpha value is -1.84. The molecule has 2 aromatic rings. The Balaban J connectivity index is 2.88. The van der Waals surface area contributed by atoms with E-state index in [0.717, 1.165) is 5.69 Å². The molecule has 0 unspecified atom stereocenters. The summed E-state index contributed by atoms with van der Waals surface area (Å²) >= 11 is 0. The van der Waals surface area contributed by atoms with Gasteiger partial charge in [-0.3, -0.25) is 9.20 Å². The Kier molecular flexibility index (Phi) is 1.96. The number of fused-ring (bicyclic) bond motifs is 1. The van der Waals surface area contributed by atoms with Gasteiger partial charge < -0.3 is 4.90 Å². The van der Waals surface area contributed by atoms with Crippen molar-refractivity contribution in [1.82, 2.24) is 9.38 Å². The molecule has 0 aliphatic carbocycles. The monoisotopic (exact) mass is 189 g/mol. The van der Waals surface area contributed by atoms with Crippen LogP contribution < -0.4 is 10.5 Å². The average Bonchev–Trinajstić information content (AvgIpc) is 2.17. The summed E-state index contributed by atoms with van der Waals surface area (Å²) < 4.78 is 1.54. The van der Waals surface area contributed by atoms with Crippen molar-refractivity contribution in [1.29, 1.82) is 0 Å². The molecule has 2 rings (SSSR count). The Morgan fingerprint density at radius 3 is 2.86 bits per heavy atom. The normalized spacial score (nSPS) is 10.4. The van der Waals surface area contributed by atoms with Crippen LogP contribution in [0, 0.1) is 0 Å². The number of pyridine rings is 1. The van der Waals surface area contributed by atoms with Gasteiger partial charge in [0, 0.05) is 32.6 Å². The van der Waals surface area contributed by atoms with Crippen LogP contribution >= 0.6 is 0 Å². The van der Waals surface area contributed by atoms with Crippen LogP contribution in [0.1, 0.15) is 0 Å². The van der Waals surface area contributed by atoms with Crippen molar-refractivity contribution in [2.24, 2.45) is 0 Å². The van der Waals surface area contributed by atoms with Gasteiger partial charge in [0.1, 0.15) is 0 Å². The van der Waals surface area contributed by atoms with Gasteiger partial charge in [-0.15, -0.1) is 0 Å². The molecule has 0 N–H and O–H groups in total. The topological polar surface area (TPSA) is 37.6 Å². The lowest BCUT2D eigenvalue weighted by Gasteiger charge is -2.13. The van der Waals surface area contributed by atoms with Crippen LogP contribution in [-0.2, 0) is 0 Å². The number of hydrogen-bond donors (Lipinski definition) is 0. The lowest BCUT2D eigenvalue weighted by molar-refractivity contribution is 1.02. The van der Waals surface area contributed by atoms with Gasteiger partial charge in [0.25, 0.3) is 5.56 Å². The molecule has 0 aliphatic rings. The van der Waals surface area contributed by atoms with Crippen molar-refractivity contribution >= 4 is 11.3 Å². The van der Waals surface area contributed by atoms with Gasteiger partial charge >= 0.3 is 0 Å². The van der Waals surface area contributed by atoms with Crippen LogP contribution in [0.3, 0.4) is 0 Å². The molecule has 0 spiro atoms. The highest BCUT2D eigenvalue weighted by Gasteiger charge is 2.03. The quantitative estimate of drug-likeness (QED) is 0.664. The van der Waals surface area contributed by atoms with E-state index in [9.17, 15) is 4.79 Å². The highest BCUT2D eigenvalue weighted by molar-refractivity contribution is 5.67. The molecule has 0 fully saturated rings. The fourth-order valence-electron chi connectivity index (χ4n) is 1.40. The van der Waals surface area contributed by atoms with Gasteiger partial charge in [0.15, 0.2) is 5.65 Å². The van der Waals surface area contributed by atoms with Gasteiger partial charge in [-0.2, -0.15) is 0 Å². The second-order valence-electron chi connectivity index (χ2n) is 3.26. The van der Waals surface area contributed by atoms with E-state index < -0.39 is 0 Å². The predicted octanol–water partition coefficient (Wildman–Crippen LogP) is 0.760. The number of nitrogens with zero attached hydrogens (tertiary/aromatic N) is 3. The third-order valence-electron chi connectivity index (χ3n) is 2.08. The summed E-state index contributed by atoms with van der Waals surface area (Å²) in [5.41, 5.74) is 1.56. The zero-order valence-electron chi connectivity index (χ0n) is 8.14. The summed E-state index contributed by atoms with van der Waals surface area (Å²) in [6.07, 6.45) is 3.25. The van der Waals surface area contributed by atoms with E-state index in [-0.39, 0.29) is 5.56 Å². The molecule has 2 aromatic heterocycles. The summed E-state index contributed by atoms with van der Waals surface area (Å²) in [4.78, 5) is 17.6. The third kappa shape index (κ3) is 1.25. The largest absolute Gasteiger partial charge is 0.375 e. The lowest BCUT2D eigenvalue weighted by Crippen LogP contribution is -2.17. The average molecular weight is 189 g/mol. The molecule has 0 aliphatic heterocycles. The van der Waals surface area contributed by atoms with E-state index in [1.54, 1.807) is 6.20 Å². The minimum absolute atomic E-state index is 0.0568. The maximum absolute atomic E-state index is 11.5. The maximum Gasteiger partial charge on any atom is 0.257 e. The minimum Gasteiger partial charge on any atom is -0.375 e. The number of hydrogen-bond acceptors (Lipinski definition) is 3. The molecule has 0 aromatic carbocycles. The Morgan fingerprint density at radius 2 is 2.14 bits per heavy atom. The van der Waals surface area contributed by atoms with E-state index in [4.69, 9.17) is 0 Å². The summed E-state index contributed by atoms with van der Waals surface area (Å²) in [6.45, 7) is 0. The molecular weight excluding hydrogens is 178 g/mol. The van der Waals surface area contributed by atoms with E-state index in [1.165, 1.54) is 16.7 Å². The second kappa shape index (κ2) is 3.14. The van der Waals surface area contributed by atoms with Gasteiger partial charge in [-0.05, 0) is 12.1 Å². The van der Waals surface area contributed by atoms with Crippen LogP contribution in [0.4, 0.5) is 5.69 Å². The zero-order chi connectivity index (χ0) is 10.1. The summed E-state index contributed by atoms with van der Waals surface area (Å²) in [6, 6.07) is 5.22. The molecule has 4 nitrogen and oxygen atoms in total. The summed E-state index contributed by atoms with van der Waals surface area (Å²) in [7, 11) is 3.85. The van der Waals surface area contributed by atoms with Crippen molar-refractivity contribution in [3.05, 3.63) is 40.9 Å². The van der Waals surface area contributed by atoms with E-state index in [2.05, 4.69) is 4.98 Å². The molecule has 0 saturated heterocycles. The van der Waals surface area contributed by atoms with Crippen molar-refractivity contribution < 1.29 is 0 Å². The van der Waals surface area contributed by atoms with Gasteiger partial charge in [-0.1, -0.05) is 0 Å². The first-order valence-electron chi connectivity index (χ1n) is 4.34. The van der Waals surface area contributed by atoms with Crippen LogP contribution in [0.15, 0.2) is 35.4 Å². The van der Waals surface area contributed by atoms with Crippen molar-refractivity contribution in [2.75, 3.05) is 19.0 Å². The first-order valence-corrected chi connectivity index (χ1v) is 4.34. The van der Waals surface area contributed by atoms with Crippen molar-refractivity contribution in [3.8, 4) is 0 Å². The van der Waals surface area contributed by atoms with Crippen molar-refractivity contribution in [3.63, 3.8) is 0 Å². The Bertz CT molecular complexity index is 516. The molecule has 72 valence electrons. The first kappa shape index (κ1) is 8.74. The van der Waals surface area contributed by atoms with E-state index in [1.807, 2.05) is 31.1 Å². The third-order valence-corrected chi connectivity index (χ3v) is 2.08. The first-order chi connectivity index (χ1) is 6.70. The Labute approximate surface area is 81.4 Å². The Morgan fingerprint density at radius 1 is 1.36 bits per heavy atom. The molecule has 0 radical (unpaired) electrons. The fourth-order valence-corrected chi connectivity index (χ4v) is 1.40. The molecule has 0 amide bonds. The second-order valence-corrected chi connectivity index (χ2v) is 3.26. The predicted molar refractivity (Wildman–Crippen MR) is 55.8 cm³/mol. The van der Waals surface area contributed by atoms with Crippen LogP contribution in [0.25, 0.3) is 5.65 Å². The van der Waals surface area contributed by atoms with Gasteiger partial charge in [0.05, 0.1) is 5.69 Å². The molecule has 4 heteroatoms. The standard InChI is InChI=1S/C10H11N3O/c1-12(2)8-4-3-7-13-9(14)5-6-11-10(8)13/h3-7H,1-2H3. The van der Waals surface area contributed by atoms with E-state index >= 15 is 0 Å². The van der Waals surface area contributed by atoms with E-state index in [0.29, 0.717) is 5.65 Å². The highest BCUT2D eigenvalue weighted by Crippen LogP contribution is 2.14. The molecule has 0 saturated carbocycles. The summed E-state index contributed by atoms with van der Waals surface area (Å²) in [5.74, 6) is 0. The molecule has 0 bridgehead atoms. The van der Waals surface area contributed by atoms with Crippen LogP contribution in [0.5, 0.6) is 0 Å². The number of anilines is 1. The van der Waals surface area contributed by atoms with Crippen molar-refractivity contribution in [2.45, 2.75) is 0 Å². The molecular formula is C10H11N3O. The lowest BCUT2D eigenvalue weighted by atomic mass is 10.3. The fraction of sp³-hybridized carbons (Fsp3) is 0.200. The summed E-state index contributed by atoms with van der Waals surface area (Å²) in [5, 5.41) is 0. The molecule has 0 atom stereocenters. The highest BCUT2D eigenvalue weighted by atomic mass is 16.1. The number of aromatic nitrogens is 2. The van der Waals surface area contributed by atoms with Crippen LogP contribution in [-0.4, -0.2) is 23.5 Å². The maximum atomic E-state index is 11.5. The zero-order valence-corrected chi connectivity index (χ0v) is 8.14. The van der Waals surface area contributed by atoms with Gasteiger partial charge in [0.2, 0.25) is 0 Å². The van der Waals surface area contributed by atoms with Crippen LogP contribution in [0.2, 0.25) is 0 Å². The minimum atomic E-state index is -0.0568. The SMILES string of the molecule is CN(C)c1cccn2c(=O)ccnc12. The number of rotatable bonds is 1.